The Labute approximate surface area is 75.8 Å². The summed E-state index contributed by atoms with van der Waals surface area (Å²) in [4.78, 5) is 0. The van der Waals surface area contributed by atoms with Gasteiger partial charge in [0.05, 0.1) is 11.5 Å². The SMILES string of the molecule is CCCC(CCC)C1(C#N)CC1. The van der Waals surface area contributed by atoms with E-state index in [1.54, 1.807) is 0 Å². The minimum Gasteiger partial charge on any atom is -0.198 e. The highest BCUT2D eigenvalue weighted by Gasteiger charge is 2.48. The summed E-state index contributed by atoms with van der Waals surface area (Å²) < 4.78 is 0. The van der Waals surface area contributed by atoms with Crippen molar-refractivity contribution in [3.63, 3.8) is 0 Å². The lowest BCUT2D eigenvalue weighted by molar-refractivity contribution is 0.328. The molecular weight excluding hydrogens is 146 g/mol. The Hall–Kier alpha value is -0.510. The third-order valence-corrected chi connectivity index (χ3v) is 3.07. The maximum atomic E-state index is 9.03. The van der Waals surface area contributed by atoms with Crippen molar-refractivity contribution in [2.24, 2.45) is 11.3 Å². The molecule has 0 spiro atoms. The number of rotatable bonds is 5. The predicted octanol–water partition coefficient (Wildman–Crippen LogP) is 3.51. The van der Waals surface area contributed by atoms with E-state index in [1.807, 2.05) is 0 Å². The van der Waals surface area contributed by atoms with Crippen LogP contribution in [0.3, 0.4) is 0 Å². The van der Waals surface area contributed by atoms with Gasteiger partial charge in [-0.05, 0) is 31.6 Å². The van der Waals surface area contributed by atoms with Crippen molar-refractivity contribution in [3.05, 3.63) is 0 Å². The average Bonchev–Trinajstić information content (AvgIpc) is 2.85. The maximum absolute atomic E-state index is 9.03. The van der Waals surface area contributed by atoms with Crippen molar-refractivity contribution in [1.82, 2.24) is 0 Å². The highest BCUT2D eigenvalue weighted by Crippen LogP contribution is 2.54. The van der Waals surface area contributed by atoms with Gasteiger partial charge in [-0.15, -0.1) is 0 Å². The molecule has 0 unspecified atom stereocenters. The van der Waals surface area contributed by atoms with Crippen LogP contribution in [0, 0.1) is 22.7 Å². The molecule has 1 rings (SSSR count). The monoisotopic (exact) mass is 165 g/mol. The summed E-state index contributed by atoms with van der Waals surface area (Å²) in [5.41, 5.74) is 0.117. The van der Waals surface area contributed by atoms with Gasteiger partial charge in [0.25, 0.3) is 0 Å². The lowest BCUT2D eigenvalue weighted by atomic mass is 9.83. The van der Waals surface area contributed by atoms with Gasteiger partial charge in [-0.2, -0.15) is 5.26 Å². The van der Waals surface area contributed by atoms with Gasteiger partial charge >= 0.3 is 0 Å². The van der Waals surface area contributed by atoms with E-state index < -0.39 is 0 Å². The molecule has 0 aromatic rings. The van der Waals surface area contributed by atoms with E-state index in [1.165, 1.54) is 25.7 Å². The largest absolute Gasteiger partial charge is 0.198 e. The minimum atomic E-state index is 0.117. The van der Waals surface area contributed by atoms with Crippen molar-refractivity contribution in [2.45, 2.75) is 52.4 Å². The van der Waals surface area contributed by atoms with E-state index in [0.717, 1.165) is 12.8 Å². The number of hydrogen-bond donors (Lipinski definition) is 0. The van der Waals surface area contributed by atoms with E-state index in [4.69, 9.17) is 5.26 Å². The van der Waals surface area contributed by atoms with Crippen molar-refractivity contribution < 1.29 is 0 Å². The molecule has 1 aliphatic rings. The molecule has 0 bridgehead atoms. The molecule has 0 aliphatic heterocycles. The first kappa shape index (κ1) is 9.58. The molecule has 1 fully saturated rings. The summed E-state index contributed by atoms with van der Waals surface area (Å²) >= 11 is 0. The zero-order valence-corrected chi connectivity index (χ0v) is 8.27. The van der Waals surface area contributed by atoms with Gasteiger partial charge in [0.1, 0.15) is 0 Å². The van der Waals surface area contributed by atoms with Crippen molar-refractivity contribution in [3.8, 4) is 6.07 Å². The summed E-state index contributed by atoms with van der Waals surface area (Å²) in [7, 11) is 0. The van der Waals surface area contributed by atoms with Gasteiger partial charge in [-0.25, -0.2) is 0 Å². The molecule has 0 N–H and O–H groups in total. The fourth-order valence-electron chi connectivity index (χ4n) is 2.14. The fraction of sp³-hybridized carbons (Fsp3) is 0.909. The molecule has 0 amide bonds. The van der Waals surface area contributed by atoms with E-state index in [9.17, 15) is 0 Å². The van der Waals surface area contributed by atoms with Gasteiger partial charge < -0.3 is 0 Å². The van der Waals surface area contributed by atoms with Crippen LogP contribution in [0.2, 0.25) is 0 Å². The Kier molecular flexibility index (Phi) is 3.14. The summed E-state index contributed by atoms with van der Waals surface area (Å²) in [5, 5.41) is 9.03. The van der Waals surface area contributed by atoms with Crippen LogP contribution < -0.4 is 0 Å². The first-order valence-corrected chi connectivity index (χ1v) is 5.20. The highest BCUT2D eigenvalue weighted by molar-refractivity contribution is 5.12. The van der Waals surface area contributed by atoms with Gasteiger partial charge in [-0.3, -0.25) is 0 Å². The van der Waals surface area contributed by atoms with Gasteiger partial charge in [-0.1, -0.05) is 26.7 Å². The Morgan fingerprint density at radius 1 is 1.25 bits per heavy atom. The number of nitrogens with zero attached hydrogens (tertiary/aromatic N) is 1. The third kappa shape index (κ3) is 1.80. The second-order valence-electron chi connectivity index (χ2n) is 4.04. The lowest BCUT2D eigenvalue weighted by Gasteiger charge is -2.19. The molecule has 0 radical (unpaired) electrons. The van der Waals surface area contributed by atoms with Crippen LogP contribution >= 0.6 is 0 Å². The highest BCUT2D eigenvalue weighted by atomic mass is 14.5. The smallest absolute Gasteiger partial charge is 0.0692 e. The molecule has 1 heteroatoms. The van der Waals surface area contributed by atoms with Crippen LogP contribution in [0.1, 0.15) is 52.4 Å². The van der Waals surface area contributed by atoms with Crippen LogP contribution in [-0.2, 0) is 0 Å². The second kappa shape index (κ2) is 3.94. The average molecular weight is 165 g/mol. The number of hydrogen-bond acceptors (Lipinski definition) is 1. The summed E-state index contributed by atoms with van der Waals surface area (Å²) in [5.74, 6) is 0.692. The molecule has 0 saturated heterocycles. The van der Waals surface area contributed by atoms with Crippen molar-refractivity contribution in [1.29, 1.82) is 5.26 Å². The maximum Gasteiger partial charge on any atom is 0.0692 e. The quantitative estimate of drug-likeness (QED) is 0.611. The molecule has 0 aromatic heterocycles. The Morgan fingerprint density at radius 2 is 1.75 bits per heavy atom. The minimum absolute atomic E-state index is 0.117. The number of nitriles is 1. The molecule has 1 aliphatic carbocycles. The Bertz CT molecular complexity index is 168. The van der Waals surface area contributed by atoms with Crippen LogP contribution in [0.15, 0.2) is 0 Å². The second-order valence-corrected chi connectivity index (χ2v) is 4.04. The van der Waals surface area contributed by atoms with Crippen LogP contribution in [0.4, 0.5) is 0 Å². The molecule has 0 heterocycles. The first-order chi connectivity index (χ1) is 5.79. The summed E-state index contributed by atoms with van der Waals surface area (Å²) in [6.07, 6.45) is 7.29. The third-order valence-electron chi connectivity index (χ3n) is 3.07. The molecule has 0 atom stereocenters. The lowest BCUT2D eigenvalue weighted by Crippen LogP contribution is -2.13. The first-order valence-electron chi connectivity index (χ1n) is 5.20. The van der Waals surface area contributed by atoms with Gasteiger partial charge in [0.2, 0.25) is 0 Å². The van der Waals surface area contributed by atoms with Crippen LogP contribution in [0.25, 0.3) is 0 Å². The summed E-state index contributed by atoms with van der Waals surface area (Å²) in [6, 6.07) is 2.52. The van der Waals surface area contributed by atoms with E-state index in [2.05, 4.69) is 19.9 Å². The van der Waals surface area contributed by atoms with Crippen molar-refractivity contribution >= 4 is 0 Å². The fourth-order valence-corrected chi connectivity index (χ4v) is 2.14. The van der Waals surface area contributed by atoms with Gasteiger partial charge in [0, 0.05) is 0 Å². The zero-order valence-electron chi connectivity index (χ0n) is 8.27. The molecule has 1 saturated carbocycles. The van der Waals surface area contributed by atoms with Gasteiger partial charge in [0.15, 0.2) is 0 Å². The molecule has 68 valence electrons. The standard InChI is InChI=1S/C11H19N/c1-3-5-10(6-4-2)11(9-12)7-8-11/h10H,3-8H2,1-2H3. The topological polar surface area (TPSA) is 23.8 Å². The normalized spacial score (nSPS) is 19.2. The van der Waals surface area contributed by atoms with E-state index in [-0.39, 0.29) is 5.41 Å². The molecule has 1 nitrogen and oxygen atoms in total. The van der Waals surface area contributed by atoms with Crippen LogP contribution in [0.5, 0.6) is 0 Å². The molecule has 12 heavy (non-hydrogen) atoms. The molecular formula is C11H19N. The summed E-state index contributed by atoms with van der Waals surface area (Å²) in [6.45, 7) is 4.44. The Balaban J connectivity index is 2.48. The zero-order chi connectivity index (χ0) is 9.03. The predicted molar refractivity (Wildman–Crippen MR) is 50.6 cm³/mol. The van der Waals surface area contributed by atoms with E-state index >= 15 is 0 Å². The Morgan fingerprint density at radius 3 is 2.00 bits per heavy atom. The van der Waals surface area contributed by atoms with Crippen LogP contribution in [-0.4, -0.2) is 0 Å². The van der Waals surface area contributed by atoms with E-state index in [0.29, 0.717) is 5.92 Å². The van der Waals surface area contributed by atoms with Crippen molar-refractivity contribution in [2.75, 3.05) is 0 Å². The molecule has 0 aromatic carbocycles.